The van der Waals surface area contributed by atoms with E-state index in [0.29, 0.717) is 17.2 Å². The van der Waals surface area contributed by atoms with Crippen molar-refractivity contribution in [2.75, 3.05) is 18.0 Å². The Hall–Kier alpha value is -3.87. The van der Waals surface area contributed by atoms with Gasteiger partial charge < -0.3 is 15.0 Å². The van der Waals surface area contributed by atoms with E-state index in [2.05, 4.69) is 24.9 Å². The van der Waals surface area contributed by atoms with Crippen molar-refractivity contribution in [1.82, 2.24) is 9.88 Å². The van der Waals surface area contributed by atoms with E-state index in [-0.39, 0.29) is 25.6 Å². The first-order valence-electron chi connectivity index (χ1n) is 11.5. The number of carbonyl (C=O) groups excluding carboxylic acids is 2. The molecular formula is C27H29N3O4. The number of amides is 2. The molecule has 2 N–H and O–H groups in total. The van der Waals surface area contributed by atoms with E-state index in [1.807, 2.05) is 60.5 Å². The smallest absolute Gasteiger partial charge is 0.305 e. The molecule has 0 aliphatic carbocycles. The maximum atomic E-state index is 13.4. The van der Waals surface area contributed by atoms with Gasteiger partial charge in [-0.15, -0.1) is 0 Å². The van der Waals surface area contributed by atoms with Gasteiger partial charge in [0.05, 0.1) is 30.3 Å². The summed E-state index contributed by atoms with van der Waals surface area (Å²) in [6.07, 6.45) is 5.74. The zero-order valence-electron chi connectivity index (χ0n) is 19.6. The number of carboxylic acids is 1. The molecule has 34 heavy (non-hydrogen) atoms. The van der Waals surface area contributed by atoms with Crippen molar-refractivity contribution in [3.05, 3.63) is 71.4 Å². The first kappa shape index (κ1) is 23.3. The number of fused-ring (bicyclic) bond motifs is 2. The predicted molar refractivity (Wildman–Crippen MR) is 133 cm³/mol. The number of benzene rings is 2. The largest absolute Gasteiger partial charge is 0.481 e. The fourth-order valence-corrected chi connectivity index (χ4v) is 4.34. The topological polar surface area (TPSA) is 93.7 Å². The summed E-state index contributed by atoms with van der Waals surface area (Å²) in [5, 5.41) is 10.2. The summed E-state index contributed by atoms with van der Waals surface area (Å²) < 4.78 is 0. The third kappa shape index (κ3) is 4.59. The Labute approximate surface area is 198 Å². The molecule has 2 amide bonds. The van der Waals surface area contributed by atoms with Crippen molar-refractivity contribution in [3.8, 4) is 0 Å². The second-order valence-electron chi connectivity index (χ2n) is 8.97. The third-order valence-corrected chi connectivity index (χ3v) is 6.18. The summed E-state index contributed by atoms with van der Waals surface area (Å²) in [7, 11) is 0. The minimum absolute atomic E-state index is 0.0314. The number of aliphatic carboxylic acids is 1. The Morgan fingerprint density at radius 2 is 1.91 bits per heavy atom. The van der Waals surface area contributed by atoms with Crippen molar-refractivity contribution in [2.24, 2.45) is 5.92 Å². The lowest BCUT2D eigenvalue weighted by Crippen LogP contribution is -2.42. The van der Waals surface area contributed by atoms with Gasteiger partial charge in [0, 0.05) is 23.6 Å². The summed E-state index contributed by atoms with van der Waals surface area (Å²) in [5.74, 6) is -1.55. The zero-order valence-corrected chi connectivity index (χ0v) is 19.6. The van der Waals surface area contributed by atoms with Gasteiger partial charge >= 0.3 is 5.97 Å². The molecule has 4 rings (SSSR count). The lowest BCUT2D eigenvalue weighted by atomic mass is 10.0. The van der Waals surface area contributed by atoms with E-state index >= 15 is 0 Å². The minimum Gasteiger partial charge on any atom is -0.481 e. The van der Waals surface area contributed by atoms with Gasteiger partial charge in [0.25, 0.3) is 5.91 Å². The number of para-hydroxylation sites is 1. The van der Waals surface area contributed by atoms with Crippen LogP contribution in [0, 0.1) is 5.92 Å². The standard InChI is InChI=1S/C27H29N3O4/c1-17(2)8-9-19-10-11-21-24(14-19)30(16-25(31)29(27(21)34)13-12-26(32)33)18(3)22-15-28-23-7-5-4-6-20(22)23/h4-11,14-15,17-18,28H,12-13,16H2,1-3H3,(H,32,33). The maximum Gasteiger partial charge on any atom is 0.305 e. The number of rotatable bonds is 7. The van der Waals surface area contributed by atoms with Crippen molar-refractivity contribution < 1.29 is 19.5 Å². The van der Waals surface area contributed by atoms with Crippen molar-refractivity contribution in [3.63, 3.8) is 0 Å². The number of H-pyrrole nitrogens is 1. The van der Waals surface area contributed by atoms with Crippen LogP contribution < -0.4 is 4.90 Å². The fraction of sp³-hybridized carbons (Fsp3) is 0.296. The quantitative estimate of drug-likeness (QED) is 0.492. The highest BCUT2D eigenvalue weighted by molar-refractivity contribution is 6.11. The molecule has 0 spiro atoms. The number of carboxylic acid groups (broad SMARTS) is 1. The average Bonchev–Trinajstić information content (AvgIpc) is 3.20. The summed E-state index contributed by atoms with van der Waals surface area (Å²) in [4.78, 5) is 44.0. The van der Waals surface area contributed by atoms with Gasteiger partial charge in [-0.3, -0.25) is 19.3 Å². The average molecular weight is 460 g/mol. The first-order chi connectivity index (χ1) is 16.3. The number of hydrogen-bond donors (Lipinski definition) is 2. The highest BCUT2D eigenvalue weighted by Crippen LogP contribution is 2.36. The van der Waals surface area contributed by atoms with Crippen LogP contribution in [0.5, 0.6) is 0 Å². The molecular weight excluding hydrogens is 430 g/mol. The molecule has 7 heteroatoms. The summed E-state index contributed by atoms with van der Waals surface area (Å²) in [6.45, 7) is 6.01. The lowest BCUT2D eigenvalue weighted by molar-refractivity contribution is -0.137. The van der Waals surface area contributed by atoms with E-state index in [1.54, 1.807) is 6.07 Å². The van der Waals surface area contributed by atoms with Crippen molar-refractivity contribution in [1.29, 1.82) is 0 Å². The molecule has 0 saturated carbocycles. The molecule has 1 aliphatic rings. The van der Waals surface area contributed by atoms with Crippen LogP contribution in [0.25, 0.3) is 17.0 Å². The molecule has 1 atom stereocenters. The van der Waals surface area contributed by atoms with Gasteiger partial charge in [-0.05, 0) is 42.2 Å². The van der Waals surface area contributed by atoms with Crippen LogP contribution in [0.1, 0.15) is 54.7 Å². The molecule has 176 valence electrons. The number of aromatic nitrogens is 1. The van der Waals surface area contributed by atoms with Crippen LogP contribution >= 0.6 is 0 Å². The van der Waals surface area contributed by atoms with Gasteiger partial charge in [-0.25, -0.2) is 0 Å². The van der Waals surface area contributed by atoms with Crippen molar-refractivity contribution in [2.45, 2.75) is 33.2 Å². The Kier molecular flexibility index (Phi) is 6.54. The molecule has 3 aromatic rings. The number of aromatic amines is 1. The van der Waals surface area contributed by atoms with E-state index < -0.39 is 17.8 Å². The number of nitrogens with one attached hydrogen (secondary N) is 1. The van der Waals surface area contributed by atoms with Gasteiger partial charge in [-0.1, -0.05) is 50.3 Å². The van der Waals surface area contributed by atoms with Crippen LogP contribution in [-0.4, -0.2) is 45.9 Å². The Morgan fingerprint density at radius 1 is 1.15 bits per heavy atom. The normalized spacial score (nSPS) is 15.3. The van der Waals surface area contributed by atoms with Gasteiger partial charge in [0.1, 0.15) is 0 Å². The van der Waals surface area contributed by atoms with E-state index in [1.165, 1.54) is 0 Å². The van der Waals surface area contributed by atoms with Crippen LogP contribution in [0.4, 0.5) is 5.69 Å². The molecule has 1 unspecified atom stereocenters. The molecule has 0 saturated heterocycles. The van der Waals surface area contributed by atoms with Crippen molar-refractivity contribution >= 4 is 40.4 Å². The number of nitrogens with zero attached hydrogens (tertiary/aromatic N) is 2. The third-order valence-electron chi connectivity index (χ3n) is 6.18. The number of hydrogen-bond acceptors (Lipinski definition) is 4. The highest BCUT2D eigenvalue weighted by atomic mass is 16.4. The monoisotopic (exact) mass is 459 g/mol. The Morgan fingerprint density at radius 3 is 2.65 bits per heavy atom. The molecule has 1 aliphatic heterocycles. The van der Waals surface area contributed by atoms with Gasteiger partial charge in [0.15, 0.2) is 0 Å². The van der Waals surface area contributed by atoms with Gasteiger partial charge in [-0.2, -0.15) is 0 Å². The number of carbonyl (C=O) groups is 3. The van der Waals surface area contributed by atoms with Gasteiger partial charge in [0.2, 0.25) is 5.91 Å². The van der Waals surface area contributed by atoms with Crippen LogP contribution in [-0.2, 0) is 9.59 Å². The lowest BCUT2D eigenvalue weighted by Gasteiger charge is -2.30. The maximum absolute atomic E-state index is 13.4. The summed E-state index contributed by atoms with van der Waals surface area (Å²) in [6, 6.07) is 13.3. The second kappa shape index (κ2) is 9.55. The van der Waals surface area contributed by atoms with E-state index in [4.69, 9.17) is 5.11 Å². The van der Waals surface area contributed by atoms with E-state index in [9.17, 15) is 14.4 Å². The SMILES string of the molecule is CC(C)C=Cc1ccc2c(c1)N(C(C)c1c[nH]c3ccccc13)CC(=O)N(CCC(=O)O)C2=O. The highest BCUT2D eigenvalue weighted by Gasteiger charge is 2.35. The number of allylic oxidation sites excluding steroid dienone is 1. The molecule has 7 nitrogen and oxygen atoms in total. The molecule has 0 radical (unpaired) electrons. The number of anilines is 1. The molecule has 2 aromatic carbocycles. The summed E-state index contributed by atoms with van der Waals surface area (Å²) in [5.41, 5.74) is 4.01. The minimum atomic E-state index is -1.05. The predicted octanol–water partition coefficient (Wildman–Crippen LogP) is 4.86. The molecule has 0 bridgehead atoms. The first-order valence-corrected chi connectivity index (χ1v) is 11.5. The molecule has 2 heterocycles. The van der Waals surface area contributed by atoms with Crippen LogP contribution in [0.2, 0.25) is 0 Å². The zero-order chi connectivity index (χ0) is 24.4. The van der Waals surface area contributed by atoms with Crippen LogP contribution in [0.15, 0.2) is 54.7 Å². The Balaban J connectivity index is 1.81. The Bertz CT molecular complexity index is 1270. The molecule has 0 fully saturated rings. The van der Waals surface area contributed by atoms with Crippen LogP contribution in [0.3, 0.4) is 0 Å². The fourth-order valence-electron chi connectivity index (χ4n) is 4.34. The van der Waals surface area contributed by atoms with E-state index in [0.717, 1.165) is 26.9 Å². The second-order valence-corrected chi connectivity index (χ2v) is 8.97. The number of imide groups is 1. The summed E-state index contributed by atoms with van der Waals surface area (Å²) >= 11 is 0. The molecule has 1 aromatic heterocycles.